The Balaban J connectivity index is 2.01. The molecule has 0 radical (unpaired) electrons. The minimum atomic E-state index is -0.711. The van der Waals surface area contributed by atoms with Crippen molar-refractivity contribution in [2.24, 2.45) is 4.99 Å². The molecular formula is C27H33NO2. The first-order valence-electron chi connectivity index (χ1n) is 11.1. The summed E-state index contributed by atoms with van der Waals surface area (Å²) < 4.78 is 0. The number of allylic oxidation sites excluding steroid dienone is 2. The predicted molar refractivity (Wildman–Crippen MR) is 125 cm³/mol. The van der Waals surface area contributed by atoms with Gasteiger partial charge in [0.1, 0.15) is 0 Å². The SMILES string of the molecule is CC=N/C(=C\CCC)C(Cc1ccc2c(c1)CCC2C(=O)O)c1cccc(C)c1C. The third-order valence-electron chi connectivity index (χ3n) is 6.32. The molecule has 0 aromatic heterocycles. The van der Waals surface area contributed by atoms with Crippen molar-refractivity contribution in [3.8, 4) is 0 Å². The second-order valence-corrected chi connectivity index (χ2v) is 8.31. The molecule has 1 aliphatic rings. The van der Waals surface area contributed by atoms with Crippen LogP contribution in [0.2, 0.25) is 0 Å². The molecule has 2 unspecified atom stereocenters. The number of rotatable bonds is 8. The van der Waals surface area contributed by atoms with Crippen molar-refractivity contribution < 1.29 is 9.90 Å². The molecule has 3 nitrogen and oxygen atoms in total. The molecule has 1 aliphatic carbocycles. The number of hydrogen-bond donors (Lipinski definition) is 1. The van der Waals surface area contributed by atoms with E-state index in [9.17, 15) is 9.90 Å². The van der Waals surface area contributed by atoms with E-state index in [1.165, 1.54) is 27.8 Å². The van der Waals surface area contributed by atoms with E-state index in [0.29, 0.717) is 6.42 Å². The van der Waals surface area contributed by atoms with Crippen LogP contribution in [0.3, 0.4) is 0 Å². The molecule has 158 valence electrons. The number of unbranched alkanes of at least 4 members (excludes halogenated alkanes) is 1. The van der Waals surface area contributed by atoms with Gasteiger partial charge in [-0.2, -0.15) is 0 Å². The fraction of sp³-hybridized carbons (Fsp3) is 0.407. The summed E-state index contributed by atoms with van der Waals surface area (Å²) in [5.74, 6) is -0.882. The lowest BCUT2D eigenvalue weighted by Gasteiger charge is -2.22. The van der Waals surface area contributed by atoms with Crippen molar-refractivity contribution in [2.75, 3.05) is 0 Å². The smallest absolute Gasteiger partial charge is 0.310 e. The molecule has 0 spiro atoms. The Labute approximate surface area is 180 Å². The van der Waals surface area contributed by atoms with E-state index in [2.05, 4.69) is 57.2 Å². The van der Waals surface area contributed by atoms with E-state index in [0.717, 1.165) is 36.9 Å². The first kappa shape index (κ1) is 22.0. The van der Waals surface area contributed by atoms with Crippen LogP contribution in [-0.4, -0.2) is 17.3 Å². The fourth-order valence-corrected chi connectivity index (χ4v) is 4.54. The van der Waals surface area contributed by atoms with Crippen LogP contribution in [0.5, 0.6) is 0 Å². The van der Waals surface area contributed by atoms with Crippen molar-refractivity contribution in [2.45, 2.75) is 71.6 Å². The normalized spacial score (nSPS) is 17.3. The quantitative estimate of drug-likeness (QED) is 0.510. The number of carbonyl (C=O) groups is 1. The Morgan fingerprint density at radius 3 is 2.77 bits per heavy atom. The highest BCUT2D eigenvalue weighted by molar-refractivity contribution is 5.77. The fourth-order valence-electron chi connectivity index (χ4n) is 4.54. The number of nitrogens with zero attached hydrogens (tertiary/aromatic N) is 1. The van der Waals surface area contributed by atoms with Crippen LogP contribution < -0.4 is 0 Å². The van der Waals surface area contributed by atoms with E-state index in [1.807, 2.05) is 19.2 Å². The van der Waals surface area contributed by atoms with Gasteiger partial charge in [-0.1, -0.05) is 55.8 Å². The van der Waals surface area contributed by atoms with Crippen LogP contribution in [-0.2, 0) is 17.6 Å². The largest absolute Gasteiger partial charge is 0.481 e. The van der Waals surface area contributed by atoms with Gasteiger partial charge >= 0.3 is 5.97 Å². The van der Waals surface area contributed by atoms with Gasteiger partial charge in [0.15, 0.2) is 0 Å². The number of aliphatic carboxylic acids is 1. The average Bonchev–Trinajstić information content (AvgIpc) is 3.15. The molecule has 1 N–H and O–H groups in total. The van der Waals surface area contributed by atoms with E-state index in [4.69, 9.17) is 4.99 Å². The number of aryl methyl sites for hydroxylation is 2. The Kier molecular flexibility index (Phi) is 7.25. The minimum Gasteiger partial charge on any atom is -0.481 e. The monoisotopic (exact) mass is 403 g/mol. The number of carboxylic acids is 1. The van der Waals surface area contributed by atoms with Crippen molar-refractivity contribution in [3.05, 3.63) is 81.6 Å². The Morgan fingerprint density at radius 2 is 2.07 bits per heavy atom. The molecule has 0 saturated heterocycles. The maximum atomic E-state index is 11.5. The molecule has 2 atom stereocenters. The summed E-state index contributed by atoms with van der Waals surface area (Å²) in [7, 11) is 0. The van der Waals surface area contributed by atoms with Crippen molar-refractivity contribution in [1.82, 2.24) is 0 Å². The molecule has 3 heteroatoms. The van der Waals surface area contributed by atoms with Crippen molar-refractivity contribution in [1.29, 1.82) is 0 Å². The summed E-state index contributed by atoms with van der Waals surface area (Å²) in [4.78, 5) is 16.3. The van der Waals surface area contributed by atoms with Crippen LogP contribution in [0.4, 0.5) is 0 Å². The Bertz CT molecular complexity index is 971. The number of hydrogen-bond acceptors (Lipinski definition) is 2. The summed E-state index contributed by atoms with van der Waals surface area (Å²) in [6.07, 6.45) is 8.69. The zero-order valence-corrected chi connectivity index (χ0v) is 18.6. The molecule has 0 heterocycles. The minimum absolute atomic E-state index is 0.183. The average molecular weight is 404 g/mol. The van der Waals surface area contributed by atoms with Crippen molar-refractivity contribution in [3.63, 3.8) is 0 Å². The second-order valence-electron chi connectivity index (χ2n) is 8.31. The molecule has 0 aliphatic heterocycles. The maximum absolute atomic E-state index is 11.5. The van der Waals surface area contributed by atoms with Gasteiger partial charge in [0.05, 0.1) is 5.92 Å². The zero-order chi connectivity index (χ0) is 21.7. The van der Waals surface area contributed by atoms with Crippen LogP contribution in [0, 0.1) is 13.8 Å². The molecule has 2 aromatic rings. The second kappa shape index (κ2) is 9.88. The number of benzene rings is 2. The zero-order valence-electron chi connectivity index (χ0n) is 18.6. The third-order valence-corrected chi connectivity index (χ3v) is 6.32. The van der Waals surface area contributed by atoms with Gasteiger partial charge in [0.25, 0.3) is 0 Å². The van der Waals surface area contributed by atoms with Crippen LogP contribution >= 0.6 is 0 Å². The standard InChI is InChI=1S/C27H33NO2/c1-5-7-11-26(28-6-2)25(22-10-8-9-18(3)19(22)4)17-20-12-14-23-21(16-20)13-15-24(23)27(29)30/h6,8-12,14,16,24-25H,5,7,13,15,17H2,1-4H3,(H,29,30)/b26-11-,28-6?. The predicted octanol–water partition coefficient (Wildman–Crippen LogP) is 6.52. The lowest BCUT2D eigenvalue weighted by molar-refractivity contribution is -0.138. The summed E-state index contributed by atoms with van der Waals surface area (Å²) in [5.41, 5.74) is 8.50. The Morgan fingerprint density at radius 1 is 1.27 bits per heavy atom. The van der Waals surface area contributed by atoms with Gasteiger partial charge in [0, 0.05) is 17.8 Å². The van der Waals surface area contributed by atoms with Gasteiger partial charge in [0.2, 0.25) is 0 Å². The molecule has 0 amide bonds. The lowest BCUT2D eigenvalue weighted by Crippen LogP contribution is -2.10. The third kappa shape index (κ3) is 4.72. The highest BCUT2D eigenvalue weighted by Gasteiger charge is 2.29. The first-order valence-corrected chi connectivity index (χ1v) is 11.1. The summed E-state index contributed by atoms with van der Waals surface area (Å²) in [6.45, 7) is 8.53. The first-order chi connectivity index (χ1) is 14.5. The maximum Gasteiger partial charge on any atom is 0.310 e. The summed E-state index contributed by atoms with van der Waals surface area (Å²) >= 11 is 0. The number of aliphatic imine (C=N–C) groups is 1. The van der Waals surface area contributed by atoms with Gasteiger partial charge in [-0.25, -0.2) is 0 Å². The van der Waals surface area contributed by atoms with Gasteiger partial charge < -0.3 is 5.11 Å². The van der Waals surface area contributed by atoms with Gasteiger partial charge in [-0.3, -0.25) is 9.79 Å². The van der Waals surface area contributed by atoms with Crippen molar-refractivity contribution >= 4 is 12.2 Å². The lowest BCUT2D eigenvalue weighted by atomic mass is 9.84. The number of carboxylic acid groups (broad SMARTS) is 1. The highest BCUT2D eigenvalue weighted by Crippen LogP contribution is 2.37. The van der Waals surface area contributed by atoms with E-state index in [-0.39, 0.29) is 11.8 Å². The van der Waals surface area contributed by atoms with Crippen LogP contribution in [0.25, 0.3) is 0 Å². The van der Waals surface area contributed by atoms with E-state index in [1.54, 1.807) is 0 Å². The van der Waals surface area contributed by atoms with Gasteiger partial charge in [-0.05, 0) is 79.8 Å². The molecule has 2 aromatic carbocycles. The topological polar surface area (TPSA) is 49.7 Å². The van der Waals surface area contributed by atoms with Gasteiger partial charge in [-0.15, -0.1) is 0 Å². The highest BCUT2D eigenvalue weighted by atomic mass is 16.4. The Hall–Kier alpha value is -2.68. The van der Waals surface area contributed by atoms with E-state index >= 15 is 0 Å². The van der Waals surface area contributed by atoms with Crippen LogP contribution in [0.1, 0.15) is 78.3 Å². The molecule has 3 rings (SSSR count). The molecule has 0 fully saturated rings. The molecular weight excluding hydrogens is 370 g/mol. The summed E-state index contributed by atoms with van der Waals surface area (Å²) in [5, 5.41) is 9.47. The summed E-state index contributed by atoms with van der Waals surface area (Å²) in [6, 6.07) is 12.9. The van der Waals surface area contributed by atoms with Crippen LogP contribution in [0.15, 0.2) is 53.2 Å². The molecule has 0 bridgehead atoms. The number of fused-ring (bicyclic) bond motifs is 1. The molecule has 30 heavy (non-hydrogen) atoms. The van der Waals surface area contributed by atoms with E-state index < -0.39 is 5.97 Å². The molecule has 0 saturated carbocycles.